The zero-order valence-corrected chi connectivity index (χ0v) is 13.0. The Balaban J connectivity index is 1.94. The molecule has 1 aromatic carbocycles. The Bertz CT molecular complexity index is 589. The van der Waals surface area contributed by atoms with Gasteiger partial charge in [0.25, 0.3) is 0 Å². The first-order chi connectivity index (χ1) is 10.2. The average Bonchev–Trinajstić information content (AvgIpc) is 2.48. The van der Waals surface area contributed by atoms with E-state index in [4.69, 9.17) is 0 Å². The van der Waals surface area contributed by atoms with Crippen molar-refractivity contribution in [1.82, 2.24) is 10.3 Å². The molecule has 0 saturated carbocycles. The molecule has 1 heterocycles. The summed E-state index contributed by atoms with van der Waals surface area (Å²) in [6.45, 7) is 4.03. The molecule has 2 aromatic rings. The molecule has 0 bridgehead atoms. The first kappa shape index (κ1) is 15.4. The first-order valence-corrected chi connectivity index (χ1v) is 7.88. The molecule has 21 heavy (non-hydrogen) atoms. The lowest BCUT2D eigenvalue weighted by atomic mass is 10.1. The van der Waals surface area contributed by atoms with Gasteiger partial charge in [-0.25, -0.2) is 4.79 Å². The number of carbonyl (C=O) groups is 1. The first-order valence-electron chi connectivity index (χ1n) is 6.89. The van der Waals surface area contributed by atoms with E-state index >= 15 is 0 Å². The zero-order chi connectivity index (χ0) is 15.1. The van der Waals surface area contributed by atoms with Crippen LogP contribution in [0.5, 0.6) is 0 Å². The van der Waals surface area contributed by atoms with E-state index in [0.717, 1.165) is 21.9 Å². The molecule has 1 aromatic heterocycles. The van der Waals surface area contributed by atoms with Gasteiger partial charge in [0.2, 0.25) is 0 Å². The summed E-state index contributed by atoms with van der Waals surface area (Å²) in [5.74, 6) is 1.01. The number of aromatic nitrogens is 1. The number of carbonyl (C=O) groups excluding carboxylic acids is 1. The van der Waals surface area contributed by atoms with Crippen molar-refractivity contribution >= 4 is 23.5 Å². The quantitative estimate of drug-likeness (QED) is 0.818. The van der Waals surface area contributed by atoms with Crippen LogP contribution < -0.4 is 10.6 Å². The molecular weight excluding hydrogens is 282 g/mol. The van der Waals surface area contributed by atoms with E-state index in [1.54, 1.807) is 24.2 Å². The normalized spacial score (nSPS) is 11.7. The molecule has 0 fully saturated rings. The zero-order valence-electron chi connectivity index (χ0n) is 12.2. The fraction of sp³-hybridized carbons (Fsp3) is 0.250. The summed E-state index contributed by atoms with van der Waals surface area (Å²) in [6, 6.07) is 11.3. The average molecular weight is 301 g/mol. The topological polar surface area (TPSA) is 54.0 Å². The van der Waals surface area contributed by atoms with Gasteiger partial charge in [0.15, 0.2) is 0 Å². The number of benzene rings is 1. The highest BCUT2D eigenvalue weighted by atomic mass is 32.2. The molecule has 0 aliphatic heterocycles. The predicted octanol–water partition coefficient (Wildman–Crippen LogP) is 4.08. The van der Waals surface area contributed by atoms with E-state index in [1.807, 2.05) is 43.3 Å². The van der Waals surface area contributed by atoms with E-state index in [9.17, 15) is 4.79 Å². The van der Waals surface area contributed by atoms with Crippen molar-refractivity contribution in [2.75, 3.05) is 11.1 Å². The van der Waals surface area contributed by atoms with Gasteiger partial charge in [-0.2, -0.15) is 0 Å². The van der Waals surface area contributed by atoms with Crippen LogP contribution in [0.1, 0.15) is 25.5 Å². The van der Waals surface area contributed by atoms with E-state index in [2.05, 4.69) is 22.5 Å². The van der Waals surface area contributed by atoms with Crippen LogP contribution in [0.4, 0.5) is 10.5 Å². The molecule has 4 nitrogen and oxygen atoms in total. The third-order valence-electron chi connectivity index (χ3n) is 2.93. The largest absolute Gasteiger partial charge is 0.331 e. The molecule has 2 rings (SSSR count). The Hall–Kier alpha value is -2.01. The highest BCUT2D eigenvalue weighted by molar-refractivity contribution is 7.99. The van der Waals surface area contributed by atoms with Crippen molar-refractivity contribution < 1.29 is 4.79 Å². The maximum absolute atomic E-state index is 12.0. The minimum Gasteiger partial charge on any atom is -0.331 e. The number of urea groups is 1. The second-order valence-electron chi connectivity index (χ2n) is 4.57. The fourth-order valence-corrected chi connectivity index (χ4v) is 2.63. The smallest absolute Gasteiger partial charge is 0.319 e. The summed E-state index contributed by atoms with van der Waals surface area (Å²) in [5.41, 5.74) is 1.77. The van der Waals surface area contributed by atoms with Crippen LogP contribution in [-0.2, 0) is 0 Å². The van der Waals surface area contributed by atoms with Crippen molar-refractivity contribution in [3.05, 3.63) is 54.4 Å². The van der Waals surface area contributed by atoms with Crippen LogP contribution in [0.25, 0.3) is 0 Å². The third-order valence-corrected chi connectivity index (χ3v) is 3.81. The minimum absolute atomic E-state index is 0.0908. The van der Waals surface area contributed by atoms with Crippen molar-refractivity contribution in [1.29, 1.82) is 0 Å². The van der Waals surface area contributed by atoms with Gasteiger partial charge in [-0.1, -0.05) is 19.1 Å². The SMILES string of the molecule is CCSc1cccc(NC(=O)N[C@@H](C)c2cccnc2)c1. The van der Waals surface area contributed by atoms with Crippen molar-refractivity contribution in [2.45, 2.75) is 24.8 Å². The summed E-state index contributed by atoms with van der Waals surface area (Å²) in [4.78, 5) is 17.2. The lowest BCUT2D eigenvalue weighted by molar-refractivity contribution is 0.249. The van der Waals surface area contributed by atoms with E-state index in [1.165, 1.54) is 0 Å². The van der Waals surface area contributed by atoms with E-state index < -0.39 is 0 Å². The van der Waals surface area contributed by atoms with Crippen LogP contribution in [0, 0.1) is 0 Å². The van der Waals surface area contributed by atoms with E-state index in [0.29, 0.717) is 0 Å². The van der Waals surface area contributed by atoms with Crippen LogP contribution in [0.15, 0.2) is 53.7 Å². The molecule has 110 valence electrons. The summed E-state index contributed by atoms with van der Waals surface area (Å²) in [5, 5.41) is 5.76. The Morgan fingerprint density at radius 3 is 2.90 bits per heavy atom. The summed E-state index contributed by atoms with van der Waals surface area (Å²) in [6.07, 6.45) is 3.47. The number of thioether (sulfide) groups is 1. The highest BCUT2D eigenvalue weighted by Crippen LogP contribution is 2.21. The molecular formula is C16H19N3OS. The number of amides is 2. The monoisotopic (exact) mass is 301 g/mol. The number of hydrogen-bond donors (Lipinski definition) is 2. The maximum atomic E-state index is 12.0. The van der Waals surface area contributed by atoms with Gasteiger partial charge in [0.1, 0.15) is 0 Å². The number of pyridine rings is 1. The fourth-order valence-electron chi connectivity index (χ4n) is 1.91. The van der Waals surface area contributed by atoms with Crippen LogP contribution in [-0.4, -0.2) is 16.8 Å². The maximum Gasteiger partial charge on any atom is 0.319 e. The lowest BCUT2D eigenvalue weighted by Crippen LogP contribution is -2.31. The van der Waals surface area contributed by atoms with Gasteiger partial charge in [0, 0.05) is 23.0 Å². The second-order valence-corrected chi connectivity index (χ2v) is 5.90. The van der Waals surface area contributed by atoms with Crippen molar-refractivity contribution in [2.24, 2.45) is 0 Å². The molecule has 1 atom stereocenters. The molecule has 0 unspecified atom stereocenters. The predicted molar refractivity (Wildman–Crippen MR) is 87.6 cm³/mol. The van der Waals surface area contributed by atoms with Gasteiger partial charge in [-0.05, 0) is 42.5 Å². The molecule has 0 saturated heterocycles. The third kappa shape index (κ3) is 4.79. The molecule has 0 aliphatic carbocycles. The van der Waals surface area contributed by atoms with Gasteiger partial charge < -0.3 is 10.6 Å². The molecule has 2 amide bonds. The molecule has 0 aliphatic rings. The Kier molecular flexibility index (Phi) is 5.63. The summed E-state index contributed by atoms with van der Waals surface area (Å²) in [7, 11) is 0. The standard InChI is InChI=1S/C16H19N3OS/c1-3-21-15-8-4-7-14(10-15)19-16(20)18-12(2)13-6-5-9-17-11-13/h4-12H,3H2,1-2H3,(H2,18,19,20)/t12-/m0/s1. The van der Waals surface area contributed by atoms with Crippen LogP contribution in [0.3, 0.4) is 0 Å². The van der Waals surface area contributed by atoms with Gasteiger partial charge in [-0.15, -0.1) is 11.8 Å². The molecule has 2 N–H and O–H groups in total. The lowest BCUT2D eigenvalue weighted by Gasteiger charge is -2.15. The van der Waals surface area contributed by atoms with Crippen molar-refractivity contribution in [3.8, 4) is 0 Å². The Morgan fingerprint density at radius 2 is 2.19 bits per heavy atom. The van der Waals surface area contributed by atoms with E-state index in [-0.39, 0.29) is 12.1 Å². The number of rotatable bonds is 5. The molecule has 0 spiro atoms. The van der Waals surface area contributed by atoms with Crippen LogP contribution in [0.2, 0.25) is 0 Å². The second kappa shape index (κ2) is 7.69. The summed E-state index contributed by atoms with van der Waals surface area (Å²) < 4.78 is 0. The highest BCUT2D eigenvalue weighted by Gasteiger charge is 2.09. The molecule has 5 heteroatoms. The Morgan fingerprint density at radius 1 is 1.33 bits per heavy atom. The number of nitrogens with zero attached hydrogens (tertiary/aromatic N) is 1. The summed E-state index contributed by atoms with van der Waals surface area (Å²) >= 11 is 1.75. The van der Waals surface area contributed by atoms with Gasteiger partial charge >= 0.3 is 6.03 Å². The van der Waals surface area contributed by atoms with Crippen LogP contribution >= 0.6 is 11.8 Å². The van der Waals surface area contributed by atoms with Crippen molar-refractivity contribution in [3.63, 3.8) is 0 Å². The number of hydrogen-bond acceptors (Lipinski definition) is 3. The minimum atomic E-state index is -0.218. The van der Waals surface area contributed by atoms with Gasteiger partial charge in [0.05, 0.1) is 6.04 Å². The number of nitrogens with one attached hydrogen (secondary N) is 2. The molecule has 0 radical (unpaired) electrons. The van der Waals surface area contributed by atoms with Gasteiger partial charge in [-0.3, -0.25) is 4.98 Å². The Labute approximate surface area is 129 Å². The number of anilines is 1.